The summed E-state index contributed by atoms with van der Waals surface area (Å²) in [4.78, 5) is 5.94. The highest BCUT2D eigenvalue weighted by Gasteiger charge is 2.27. The highest BCUT2D eigenvalue weighted by Crippen LogP contribution is 2.32. The average molecular weight is 337 g/mol. The lowest BCUT2D eigenvalue weighted by atomic mass is 9.98. The van der Waals surface area contributed by atoms with Gasteiger partial charge in [0.1, 0.15) is 5.60 Å². The normalized spacial score (nSPS) is 16.3. The lowest BCUT2D eigenvalue weighted by Gasteiger charge is -2.25. The summed E-state index contributed by atoms with van der Waals surface area (Å²) in [5, 5.41) is 19.4. The number of rotatable bonds is 5. The summed E-state index contributed by atoms with van der Waals surface area (Å²) >= 11 is 1.75. The summed E-state index contributed by atoms with van der Waals surface area (Å²) < 4.78 is 1.70. The van der Waals surface area contributed by atoms with Crippen molar-refractivity contribution in [1.29, 1.82) is 0 Å². The van der Waals surface area contributed by atoms with Gasteiger partial charge in [-0.15, -0.1) is 11.3 Å². The van der Waals surface area contributed by atoms with Crippen molar-refractivity contribution < 1.29 is 5.11 Å². The molecule has 2 heterocycles. The quantitative estimate of drug-likeness (QED) is 0.881. The minimum atomic E-state index is -0.950. The molecule has 6 heteroatoms. The largest absolute Gasteiger partial charge is 0.384 e. The van der Waals surface area contributed by atoms with Gasteiger partial charge in [-0.1, -0.05) is 20.8 Å². The monoisotopic (exact) mass is 336 g/mol. The van der Waals surface area contributed by atoms with Crippen molar-refractivity contribution >= 4 is 11.3 Å². The van der Waals surface area contributed by atoms with E-state index >= 15 is 0 Å². The Morgan fingerprint density at radius 3 is 2.48 bits per heavy atom. The molecule has 0 fully saturated rings. The number of nitrogens with zero attached hydrogens (tertiary/aromatic N) is 3. The summed E-state index contributed by atoms with van der Waals surface area (Å²) in [6, 6.07) is 0.145. The molecule has 0 aliphatic heterocycles. The van der Waals surface area contributed by atoms with Crippen LogP contribution < -0.4 is 5.32 Å². The van der Waals surface area contributed by atoms with Crippen LogP contribution in [0.3, 0.4) is 0 Å². The molecule has 2 aromatic rings. The van der Waals surface area contributed by atoms with Crippen LogP contribution in [0.25, 0.3) is 0 Å². The Morgan fingerprint density at radius 2 is 2.00 bits per heavy atom. The Bertz CT molecular complexity index is 666. The first-order valence-electron chi connectivity index (χ1n) is 7.93. The molecule has 0 bridgehead atoms. The van der Waals surface area contributed by atoms with E-state index in [1.54, 1.807) is 22.2 Å². The molecule has 2 aromatic heterocycles. The summed E-state index contributed by atoms with van der Waals surface area (Å²) in [6.07, 6.45) is 3.56. The van der Waals surface area contributed by atoms with Crippen molar-refractivity contribution in [3.05, 3.63) is 33.5 Å². The summed E-state index contributed by atoms with van der Waals surface area (Å²) in [7, 11) is 1.85. The molecule has 2 atom stereocenters. The zero-order valence-electron chi connectivity index (χ0n) is 15.1. The number of aliphatic hydroxyl groups is 1. The zero-order valence-corrected chi connectivity index (χ0v) is 16.0. The van der Waals surface area contributed by atoms with Crippen LogP contribution in [0.15, 0.2) is 12.4 Å². The Balaban J connectivity index is 2.08. The second-order valence-corrected chi connectivity index (χ2v) is 8.53. The molecule has 2 N–H and O–H groups in total. The molecule has 2 unspecified atom stereocenters. The fraction of sp³-hybridized carbons (Fsp3) is 0.647. The van der Waals surface area contributed by atoms with Gasteiger partial charge < -0.3 is 10.4 Å². The number of thiazole rings is 1. The number of aromatic nitrogens is 3. The highest BCUT2D eigenvalue weighted by molar-refractivity contribution is 7.12. The first kappa shape index (κ1) is 18.1. The molecular formula is C17H28N4OS. The topological polar surface area (TPSA) is 63.0 Å². The molecule has 23 heavy (non-hydrogen) atoms. The third kappa shape index (κ3) is 4.19. The Kier molecular flexibility index (Phi) is 4.99. The van der Waals surface area contributed by atoms with E-state index in [0.717, 1.165) is 16.3 Å². The third-order valence-corrected chi connectivity index (χ3v) is 5.71. The molecule has 2 rings (SSSR count). The fourth-order valence-electron chi connectivity index (χ4n) is 2.38. The highest BCUT2D eigenvalue weighted by atomic mass is 32.1. The van der Waals surface area contributed by atoms with Crippen molar-refractivity contribution in [2.75, 3.05) is 6.54 Å². The van der Waals surface area contributed by atoms with E-state index in [2.05, 4.69) is 45.0 Å². The van der Waals surface area contributed by atoms with Gasteiger partial charge >= 0.3 is 0 Å². The van der Waals surface area contributed by atoms with Gasteiger partial charge in [0.25, 0.3) is 0 Å². The third-order valence-electron chi connectivity index (χ3n) is 3.95. The number of hydrogen-bond donors (Lipinski definition) is 2. The van der Waals surface area contributed by atoms with Crippen molar-refractivity contribution in [2.24, 2.45) is 7.05 Å². The van der Waals surface area contributed by atoms with E-state index in [1.165, 1.54) is 4.88 Å². The smallest absolute Gasteiger partial charge is 0.102 e. The number of hydrogen-bond acceptors (Lipinski definition) is 5. The molecule has 0 saturated heterocycles. The van der Waals surface area contributed by atoms with E-state index in [-0.39, 0.29) is 11.5 Å². The molecule has 0 amide bonds. The summed E-state index contributed by atoms with van der Waals surface area (Å²) in [5.41, 5.74) is 1.000. The molecule has 0 radical (unpaired) electrons. The van der Waals surface area contributed by atoms with Crippen molar-refractivity contribution in [1.82, 2.24) is 20.1 Å². The first-order chi connectivity index (χ1) is 10.5. The van der Waals surface area contributed by atoms with Crippen LogP contribution in [0.2, 0.25) is 0 Å². The Labute approximate surface area is 142 Å². The molecule has 0 saturated carbocycles. The summed E-state index contributed by atoms with van der Waals surface area (Å²) in [5.74, 6) is 0. The maximum atomic E-state index is 10.7. The SMILES string of the molecule is Cc1nc(C(C)(C)C)sc1C(C)NCC(C)(O)c1cnn(C)c1. The molecule has 0 aliphatic carbocycles. The number of nitrogens with one attached hydrogen (secondary N) is 1. The van der Waals surface area contributed by atoms with Crippen LogP contribution in [-0.2, 0) is 18.1 Å². The predicted octanol–water partition coefficient (Wildman–Crippen LogP) is 3.04. The van der Waals surface area contributed by atoms with Gasteiger partial charge in [-0.25, -0.2) is 4.98 Å². The van der Waals surface area contributed by atoms with Crippen molar-refractivity contribution in [3.8, 4) is 0 Å². The molecular weight excluding hydrogens is 308 g/mol. The van der Waals surface area contributed by atoms with Crippen LogP contribution in [-0.4, -0.2) is 26.4 Å². The van der Waals surface area contributed by atoms with E-state index < -0.39 is 5.60 Å². The van der Waals surface area contributed by atoms with Crippen LogP contribution in [0.1, 0.15) is 61.8 Å². The minimum absolute atomic E-state index is 0.0641. The summed E-state index contributed by atoms with van der Waals surface area (Å²) in [6.45, 7) is 13.0. The van der Waals surface area contributed by atoms with Gasteiger partial charge in [0.15, 0.2) is 0 Å². The first-order valence-corrected chi connectivity index (χ1v) is 8.75. The molecule has 128 valence electrons. The van der Waals surface area contributed by atoms with Crippen LogP contribution in [0.5, 0.6) is 0 Å². The standard InChI is InChI=1S/C17H28N4OS/c1-11(14-12(2)20-15(23-14)16(3,4)5)18-10-17(6,22)13-8-19-21(7)9-13/h8-9,11,18,22H,10H2,1-7H3. The maximum Gasteiger partial charge on any atom is 0.102 e. The predicted molar refractivity (Wildman–Crippen MR) is 94.7 cm³/mol. The van der Waals surface area contributed by atoms with Crippen molar-refractivity contribution in [3.63, 3.8) is 0 Å². The average Bonchev–Trinajstić information content (AvgIpc) is 3.02. The number of aryl methyl sites for hydroxylation is 2. The van der Waals surface area contributed by atoms with E-state index in [9.17, 15) is 5.11 Å². The second-order valence-electron chi connectivity index (χ2n) is 7.50. The molecule has 0 spiro atoms. The van der Waals surface area contributed by atoms with E-state index in [0.29, 0.717) is 6.54 Å². The maximum absolute atomic E-state index is 10.7. The molecule has 0 aliphatic rings. The van der Waals surface area contributed by atoms with Crippen LogP contribution in [0, 0.1) is 6.92 Å². The van der Waals surface area contributed by atoms with E-state index in [1.807, 2.05) is 20.2 Å². The Morgan fingerprint density at radius 1 is 1.35 bits per heavy atom. The fourth-order valence-corrected chi connectivity index (χ4v) is 3.53. The van der Waals surface area contributed by atoms with Gasteiger partial charge in [-0.2, -0.15) is 5.10 Å². The lowest BCUT2D eigenvalue weighted by molar-refractivity contribution is 0.0544. The van der Waals surface area contributed by atoms with Gasteiger partial charge in [-0.3, -0.25) is 4.68 Å². The molecule has 5 nitrogen and oxygen atoms in total. The Hall–Kier alpha value is -1.24. The lowest BCUT2D eigenvalue weighted by Crippen LogP contribution is -2.36. The van der Waals surface area contributed by atoms with Gasteiger partial charge in [-0.05, 0) is 20.8 Å². The van der Waals surface area contributed by atoms with Gasteiger partial charge in [0.05, 0.1) is 16.9 Å². The molecule has 0 aromatic carbocycles. The van der Waals surface area contributed by atoms with Crippen LogP contribution >= 0.6 is 11.3 Å². The minimum Gasteiger partial charge on any atom is -0.384 e. The van der Waals surface area contributed by atoms with Crippen LogP contribution in [0.4, 0.5) is 0 Å². The zero-order chi connectivity index (χ0) is 17.4. The van der Waals surface area contributed by atoms with Gasteiger partial charge in [0, 0.05) is 41.7 Å². The van der Waals surface area contributed by atoms with E-state index in [4.69, 9.17) is 4.98 Å². The van der Waals surface area contributed by atoms with Gasteiger partial charge in [0.2, 0.25) is 0 Å². The van der Waals surface area contributed by atoms with Crippen molar-refractivity contribution in [2.45, 2.75) is 58.6 Å². The second kappa shape index (κ2) is 6.34.